The average Bonchev–Trinajstić information content (AvgIpc) is 3.01. The van der Waals surface area contributed by atoms with Gasteiger partial charge in [0.15, 0.2) is 5.65 Å². The second-order valence-electron chi connectivity index (χ2n) is 6.76. The van der Waals surface area contributed by atoms with E-state index in [0.717, 1.165) is 12.0 Å². The van der Waals surface area contributed by atoms with Gasteiger partial charge >= 0.3 is 0 Å². The smallest absolute Gasteiger partial charge is 0.257 e. The molecule has 3 aromatic heterocycles. The van der Waals surface area contributed by atoms with Crippen molar-refractivity contribution in [3.05, 3.63) is 59.9 Å². The number of benzene rings is 1. The summed E-state index contributed by atoms with van der Waals surface area (Å²) in [5.74, 6) is -0.0919. The molecular weight excluding hydrogens is 366 g/mol. The number of aromatic nitrogens is 4. The van der Waals surface area contributed by atoms with Gasteiger partial charge in [0, 0.05) is 18.4 Å². The number of hydrogen-bond donors (Lipinski definition) is 2. The van der Waals surface area contributed by atoms with Gasteiger partial charge in [0.05, 0.1) is 17.2 Å². The Balaban J connectivity index is 1.92. The fraction of sp³-hybridized carbons (Fsp3) is 0.190. The largest absolute Gasteiger partial charge is 0.383 e. The molecule has 1 atom stereocenters. The number of hydrogen-bond acceptors (Lipinski definition) is 6. The first-order valence-electron chi connectivity index (χ1n) is 9.40. The highest BCUT2D eigenvalue weighted by atomic mass is 16.1. The number of nitrogens with zero attached hydrogens (tertiary/aromatic N) is 5. The zero-order valence-corrected chi connectivity index (χ0v) is 16.2. The Kier molecular flexibility index (Phi) is 4.90. The number of rotatable bonds is 5. The molecule has 0 aliphatic carbocycles. The maximum absolute atomic E-state index is 12.9. The number of nitrogens with two attached hydrogens (primary N) is 1. The Morgan fingerprint density at radius 3 is 2.59 bits per heavy atom. The van der Waals surface area contributed by atoms with Crippen molar-refractivity contribution in [2.45, 2.75) is 26.3 Å². The van der Waals surface area contributed by atoms with E-state index in [0.29, 0.717) is 22.2 Å². The summed E-state index contributed by atoms with van der Waals surface area (Å²) < 4.78 is 1.46. The van der Waals surface area contributed by atoms with Crippen molar-refractivity contribution in [1.29, 1.82) is 0 Å². The molecule has 0 saturated carbocycles. The summed E-state index contributed by atoms with van der Waals surface area (Å²) in [5.41, 5.74) is 9.73. The van der Waals surface area contributed by atoms with Gasteiger partial charge in [0.1, 0.15) is 16.9 Å². The van der Waals surface area contributed by atoms with Gasteiger partial charge in [-0.25, -0.2) is 9.97 Å². The van der Waals surface area contributed by atoms with Crippen molar-refractivity contribution in [2.24, 2.45) is 5.10 Å². The normalized spacial score (nSPS) is 12.6. The van der Waals surface area contributed by atoms with Gasteiger partial charge < -0.3 is 11.1 Å². The minimum absolute atomic E-state index is 0.00837. The van der Waals surface area contributed by atoms with Crippen LogP contribution in [0.2, 0.25) is 0 Å². The molecule has 1 amide bonds. The van der Waals surface area contributed by atoms with Gasteiger partial charge in [0.25, 0.3) is 5.91 Å². The molecule has 8 nitrogen and oxygen atoms in total. The van der Waals surface area contributed by atoms with Crippen molar-refractivity contribution in [3.8, 4) is 0 Å². The Hall–Kier alpha value is -3.81. The first kappa shape index (κ1) is 18.5. The summed E-state index contributed by atoms with van der Waals surface area (Å²) in [6, 6.07) is 11.1. The molecule has 4 aromatic rings. The summed E-state index contributed by atoms with van der Waals surface area (Å²) in [6.07, 6.45) is 5.80. The molecule has 3 heterocycles. The van der Waals surface area contributed by atoms with E-state index in [-0.39, 0.29) is 23.3 Å². The Bertz CT molecular complexity index is 1210. The summed E-state index contributed by atoms with van der Waals surface area (Å²) in [7, 11) is 0. The van der Waals surface area contributed by atoms with E-state index in [9.17, 15) is 4.79 Å². The minimum atomic E-state index is -0.288. The van der Waals surface area contributed by atoms with Crippen LogP contribution < -0.4 is 11.1 Å². The van der Waals surface area contributed by atoms with E-state index in [1.54, 1.807) is 18.6 Å². The number of anilines is 1. The van der Waals surface area contributed by atoms with E-state index in [2.05, 4.69) is 25.4 Å². The molecule has 3 N–H and O–H groups in total. The molecule has 29 heavy (non-hydrogen) atoms. The van der Waals surface area contributed by atoms with Crippen LogP contribution in [0.3, 0.4) is 0 Å². The van der Waals surface area contributed by atoms with Gasteiger partial charge in [-0.1, -0.05) is 19.1 Å². The lowest BCUT2D eigenvalue weighted by molar-refractivity contribution is 0.0941. The number of carbonyl (C=O) groups is 1. The van der Waals surface area contributed by atoms with Crippen LogP contribution in [0.15, 0.2) is 53.9 Å². The second-order valence-corrected chi connectivity index (χ2v) is 6.76. The summed E-state index contributed by atoms with van der Waals surface area (Å²) in [5, 5.41) is 7.42. The number of fused-ring (bicyclic) bond motifs is 2. The summed E-state index contributed by atoms with van der Waals surface area (Å²) in [4.78, 5) is 26.3. The van der Waals surface area contributed by atoms with E-state index in [1.165, 1.54) is 4.68 Å². The predicted molar refractivity (Wildman–Crippen MR) is 114 cm³/mol. The number of nitrogen functional groups attached to an aromatic ring is 1. The highest BCUT2D eigenvalue weighted by Crippen LogP contribution is 2.28. The third-order valence-electron chi connectivity index (χ3n) is 4.72. The van der Waals surface area contributed by atoms with Gasteiger partial charge in [-0.2, -0.15) is 9.78 Å². The number of nitrogens with one attached hydrogen (secondary N) is 1. The van der Waals surface area contributed by atoms with Crippen molar-refractivity contribution >= 4 is 40.1 Å². The van der Waals surface area contributed by atoms with Crippen LogP contribution in [-0.2, 0) is 0 Å². The van der Waals surface area contributed by atoms with Gasteiger partial charge in [-0.3, -0.25) is 9.78 Å². The lowest BCUT2D eigenvalue weighted by Crippen LogP contribution is -2.32. The summed E-state index contributed by atoms with van der Waals surface area (Å²) in [6.45, 7) is 3.94. The van der Waals surface area contributed by atoms with E-state index < -0.39 is 0 Å². The fourth-order valence-corrected chi connectivity index (χ4v) is 2.96. The first-order chi connectivity index (χ1) is 14.1. The molecular formula is C21H21N7O. The molecule has 1 unspecified atom stereocenters. The Labute approximate surface area is 167 Å². The van der Waals surface area contributed by atoms with Crippen LogP contribution in [0.1, 0.15) is 36.2 Å². The van der Waals surface area contributed by atoms with Gasteiger partial charge in [-0.05, 0) is 43.2 Å². The van der Waals surface area contributed by atoms with E-state index in [4.69, 9.17) is 5.73 Å². The fourth-order valence-electron chi connectivity index (χ4n) is 2.96. The SMILES string of the molecule is CCC(C)NC(=O)c1c(N)n(/N=C\c2ccncc2)c2nc3ccccc3nc12. The number of amides is 1. The van der Waals surface area contributed by atoms with Crippen LogP contribution in [0.4, 0.5) is 5.82 Å². The molecule has 4 rings (SSSR count). The minimum Gasteiger partial charge on any atom is -0.383 e. The monoisotopic (exact) mass is 387 g/mol. The molecule has 0 bridgehead atoms. The number of pyridine rings is 1. The molecule has 0 aliphatic rings. The maximum Gasteiger partial charge on any atom is 0.257 e. The lowest BCUT2D eigenvalue weighted by atomic mass is 10.2. The molecule has 1 aromatic carbocycles. The highest BCUT2D eigenvalue weighted by molar-refractivity contribution is 6.10. The zero-order chi connectivity index (χ0) is 20.4. The quantitative estimate of drug-likeness (QED) is 0.512. The van der Waals surface area contributed by atoms with E-state index >= 15 is 0 Å². The molecule has 0 fully saturated rings. The Morgan fingerprint density at radius 2 is 1.90 bits per heavy atom. The van der Waals surface area contributed by atoms with Gasteiger partial charge in [-0.15, -0.1) is 0 Å². The molecule has 0 spiro atoms. The lowest BCUT2D eigenvalue weighted by Gasteiger charge is -2.11. The molecule has 0 saturated heterocycles. The predicted octanol–water partition coefficient (Wildman–Crippen LogP) is 2.97. The highest BCUT2D eigenvalue weighted by Gasteiger charge is 2.24. The third-order valence-corrected chi connectivity index (χ3v) is 4.72. The Morgan fingerprint density at radius 1 is 1.21 bits per heavy atom. The standard InChI is InChI=1S/C21H21N7O/c1-3-13(2)25-21(29)17-18-20(27-16-7-5-4-6-15(16)26-18)28(19(17)22)24-12-14-8-10-23-11-9-14/h4-13H,3,22H2,1-2H3,(H,25,29)/b24-12-. The second kappa shape index (κ2) is 7.67. The summed E-state index contributed by atoms with van der Waals surface area (Å²) >= 11 is 0. The topological polar surface area (TPSA) is 111 Å². The average molecular weight is 387 g/mol. The van der Waals surface area contributed by atoms with Crippen molar-refractivity contribution < 1.29 is 4.79 Å². The molecule has 0 aliphatic heterocycles. The molecule has 0 radical (unpaired) electrons. The first-order valence-corrected chi connectivity index (χ1v) is 9.40. The number of para-hydroxylation sites is 2. The van der Waals surface area contributed by atoms with Crippen molar-refractivity contribution in [2.75, 3.05) is 5.73 Å². The van der Waals surface area contributed by atoms with Crippen LogP contribution >= 0.6 is 0 Å². The zero-order valence-electron chi connectivity index (χ0n) is 16.2. The van der Waals surface area contributed by atoms with Crippen LogP contribution in [0.25, 0.3) is 22.2 Å². The van der Waals surface area contributed by atoms with Crippen molar-refractivity contribution in [1.82, 2.24) is 24.9 Å². The van der Waals surface area contributed by atoms with Crippen LogP contribution in [0, 0.1) is 0 Å². The van der Waals surface area contributed by atoms with Gasteiger partial charge in [0.2, 0.25) is 0 Å². The third kappa shape index (κ3) is 3.52. The molecule has 146 valence electrons. The maximum atomic E-state index is 12.9. The number of carbonyl (C=O) groups excluding carboxylic acids is 1. The van der Waals surface area contributed by atoms with Crippen molar-refractivity contribution in [3.63, 3.8) is 0 Å². The molecule has 8 heteroatoms. The van der Waals surface area contributed by atoms with E-state index in [1.807, 2.05) is 50.2 Å². The van der Waals surface area contributed by atoms with Crippen LogP contribution in [-0.4, -0.2) is 37.8 Å². The van der Waals surface area contributed by atoms with Crippen LogP contribution in [0.5, 0.6) is 0 Å².